The molecule has 24 heavy (non-hydrogen) atoms. The number of nitrogens with two attached hydrogens (primary N) is 1. The number of benzene rings is 1. The molecule has 0 radical (unpaired) electrons. The Morgan fingerprint density at radius 1 is 1.33 bits per heavy atom. The van der Waals surface area contributed by atoms with Crippen molar-refractivity contribution in [2.75, 3.05) is 5.73 Å². The first kappa shape index (κ1) is 16.2. The number of amides is 1. The molecular formula is C17H21N5O2. The fourth-order valence-corrected chi connectivity index (χ4v) is 2.78. The molecule has 7 nitrogen and oxygen atoms in total. The molecule has 0 saturated heterocycles. The van der Waals surface area contributed by atoms with Crippen LogP contribution in [0.2, 0.25) is 0 Å². The van der Waals surface area contributed by atoms with E-state index in [1.165, 1.54) is 6.92 Å². The minimum atomic E-state index is -0.256. The van der Waals surface area contributed by atoms with E-state index in [0.717, 1.165) is 23.0 Å². The van der Waals surface area contributed by atoms with Crippen LogP contribution in [0.4, 0.5) is 5.82 Å². The molecule has 0 atom stereocenters. The van der Waals surface area contributed by atoms with Crippen molar-refractivity contribution in [2.45, 2.75) is 33.9 Å². The van der Waals surface area contributed by atoms with Crippen LogP contribution in [0, 0.1) is 5.92 Å². The summed E-state index contributed by atoms with van der Waals surface area (Å²) < 4.78 is 2.10. The lowest BCUT2D eigenvalue weighted by molar-refractivity contribution is -0.132. The largest absolute Gasteiger partial charge is 0.382 e. The van der Waals surface area contributed by atoms with Gasteiger partial charge in [0.25, 0.3) is 0 Å². The van der Waals surface area contributed by atoms with Gasteiger partial charge in [-0.25, -0.2) is 15.4 Å². The van der Waals surface area contributed by atoms with E-state index < -0.39 is 0 Å². The summed E-state index contributed by atoms with van der Waals surface area (Å²) in [6.07, 6.45) is 0. The van der Waals surface area contributed by atoms with Crippen LogP contribution < -0.4 is 11.2 Å². The predicted molar refractivity (Wildman–Crippen MR) is 92.9 cm³/mol. The van der Waals surface area contributed by atoms with Crippen molar-refractivity contribution in [3.8, 4) is 0 Å². The lowest BCUT2D eigenvalue weighted by Crippen LogP contribution is -2.21. The Balaban J connectivity index is 2.18. The number of nitrogens with zero attached hydrogens (tertiary/aromatic N) is 3. The maximum Gasteiger partial charge on any atom is 0.240 e. The van der Waals surface area contributed by atoms with Gasteiger partial charge in [-0.3, -0.25) is 9.63 Å². The molecule has 0 unspecified atom stereocenters. The number of aromatic nitrogens is 3. The molecule has 0 aliphatic carbocycles. The van der Waals surface area contributed by atoms with Gasteiger partial charge >= 0.3 is 0 Å². The summed E-state index contributed by atoms with van der Waals surface area (Å²) in [6.45, 7) is 6.60. The SMILES string of the molecule is CC(=O)NOCc1nc2c(N)nc3ccccc3c2n1CC(C)C. The van der Waals surface area contributed by atoms with Gasteiger partial charge in [-0.05, 0) is 12.0 Å². The smallest absolute Gasteiger partial charge is 0.240 e. The van der Waals surface area contributed by atoms with Crippen LogP contribution in [0.25, 0.3) is 21.9 Å². The second-order valence-electron chi connectivity index (χ2n) is 6.19. The second kappa shape index (κ2) is 6.45. The van der Waals surface area contributed by atoms with Crippen molar-refractivity contribution >= 4 is 33.7 Å². The molecule has 2 heterocycles. The van der Waals surface area contributed by atoms with Gasteiger partial charge in [0.2, 0.25) is 5.91 Å². The van der Waals surface area contributed by atoms with Gasteiger partial charge in [-0.2, -0.15) is 0 Å². The Bertz CT molecular complexity index is 901. The van der Waals surface area contributed by atoms with Crippen LogP contribution in [-0.4, -0.2) is 20.4 Å². The van der Waals surface area contributed by atoms with Crippen molar-refractivity contribution in [3.63, 3.8) is 0 Å². The minimum absolute atomic E-state index is 0.161. The summed E-state index contributed by atoms with van der Waals surface area (Å²) >= 11 is 0. The van der Waals surface area contributed by atoms with E-state index in [9.17, 15) is 4.79 Å². The van der Waals surface area contributed by atoms with E-state index in [-0.39, 0.29) is 12.5 Å². The van der Waals surface area contributed by atoms with Crippen LogP contribution in [0.5, 0.6) is 0 Å². The Kier molecular flexibility index (Phi) is 4.35. The number of pyridine rings is 1. The molecular weight excluding hydrogens is 306 g/mol. The van der Waals surface area contributed by atoms with Crippen molar-refractivity contribution in [1.29, 1.82) is 0 Å². The highest BCUT2D eigenvalue weighted by atomic mass is 16.7. The number of nitrogens with one attached hydrogen (secondary N) is 1. The monoisotopic (exact) mass is 327 g/mol. The van der Waals surface area contributed by atoms with Crippen LogP contribution in [0.3, 0.4) is 0 Å². The number of carbonyl (C=O) groups excluding carboxylic acids is 1. The van der Waals surface area contributed by atoms with Crippen LogP contribution >= 0.6 is 0 Å². The van der Waals surface area contributed by atoms with Gasteiger partial charge in [0.05, 0.1) is 11.0 Å². The Morgan fingerprint density at radius 2 is 2.08 bits per heavy atom. The molecule has 3 aromatic rings. The van der Waals surface area contributed by atoms with E-state index in [1.54, 1.807) is 0 Å². The number of hydrogen-bond donors (Lipinski definition) is 2. The molecule has 3 rings (SSSR count). The minimum Gasteiger partial charge on any atom is -0.382 e. The van der Waals surface area contributed by atoms with Crippen molar-refractivity contribution in [1.82, 2.24) is 20.0 Å². The summed E-state index contributed by atoms with van der Waals surface area (Å²) in [5.74, 6) is 1.26. The second-order valence-corrected chi connectivity index (χ2v) is 6.19. The molecule has 3 N–H and O–H groups in total. The summed E-state index contributed by atoms with van der Waals surface area (Å²) in [7, 11) is 0. The zero-order valence-corrected chi connectivity index (χ0v) is 14.0. The molecule has 0 fully saturated rings. The third kappa shape index (κ3) is 3.03. The topological polar surface area (TPSA) is 95.1 Å². The third-order valence-electron chi connectivity index (χ3n) is 3.65. The first-order valence-electron chi connectivity index (χ1n) is 7.89. The molecule has 0 bridgehead atoms. The average Bonchev–Trinajstić information content (AvgIpc) is 2.86. The summed E-state index contributed by atoms with van der Waals surface area (Å²) in [5.41, 5.74) is 10.9. The summed E-state index contributed by atoms with van der Waals surface area (Å²) in [4.78, 5) is 25.3. The number of hydrogen-bond acceptors (Lipinski definition) is 5. The molecule has 2 aromatic heterocycles. The number of rotatable bonds is 5. The van der Waals surface area contributed by atoms with Gasteiger partial charge in [-0.1, -0.05) is 32.0 Å². The molecule has 7 heteroatoms. The van der Waals surface area contributed by atoms with Crippen LogP contribution in [-0.2, 0) is 22.8 Å². The first-order chi connectivity index (χ1) is 11.5. The number of anilines is 1. The summed E-state index contributed by atoms with van der Waals surface area (Å²) in [6, 6.07) is 7.86. The zero-order chi connectivity index (χ0) is 17.3. The van der Waals surface area contributed by atoms with Crippen LogP contribution in [0.1, 0.15) is 26.6 Å². The molecule has 126 valence electrons. The molecule has 0 aliphatic rings. The van der Waals surface area contributed by atoms with E-state index in [2.05, 4.69) is 33.9 Å². The normalized spacial score (nSPS) is 11.5. The van der Waals surface area contributed by atoms with Crippen molar-refractivity contribution in [2.24, 2.45) is 5.92 Å². The third-order valence-corrected chi connectivity index (χ3v) is 3.65. The molecule has 0 spiro atoms. The zero-order valence-electron chi connectivity index (χ0n) is 14.0. The highest BCUT2D eigenvalue weighted by Crippen LogP contribution is 2.29. The number of imidazole rings is 1. The fraction of sp³-hybridized carbons (Fsp3) is 0.353. The summed E-state index contributed by atoms with van der Waals surface area (Å²) in [5, 5.41) is 1.00. The van der Waals surface area contributed by atoms with E-state index in [0.29, 0.717) is 23.1 Å². The number of nitrogen functional groups attached to an aromatic ring is 1. The van der Waals surface area contributed by atoms with Gasteiger partial charge in [-0.15, -0.1) is 0 Å². The maximum atomic E-state index is 11.0. The molecule has 1 amide bonds. The van der Waals surface area contributed by atoms with Gasteiger partial charge in [0, 0.05) is 18.9 Å². The maximum absolute atomic E-state index is 11.0. The number of fused-ring (bicyclic) bond motifs is 3. The van der Waals surface area contributed by atoms with E-state index in [4.69, 9.17) is 10.6 Å². The lowest BCUT2D eigenvalue weighted by Gasteiger charge is -2.13. The Morgan fingerprint density at radius 3 is 2.79 bits per heavy atom. The number of hydroxylamine groups is 1. The average molecular weight is 327 g/mol. The Labute approximate surface area is 139 Å². The van der Waals surface area contributed by atoms with Crippen molar-refractivity contribution in [3.05, 3.63) is 30.1 Å². The molecule has 1 aromatic carbocycles. The van der Waals surface area contributed by atoms with E-state index in [1.807, 2.05) is 24.3 Å². The predicted octanol–water partition coefficient (Wildman–Crippen LogP) is 2.39. The van der Waals surface area contributed by atoms with Crippen molar-refractivity contribution < 1.29 is 9.63 Å². The molecule has 0 saturated carbocycles. The molecule has 0 aliphatic heterocycles. The quantitative estimate of drug-likeness (QED) is 0.702. The van der Waals surface area contributed by atoms with Gasteiger partial charge in [0.1, 0.15) is 17.9 Å². The van der Waals surface area contributed by atoms with Gasteiger partial charge in [0.15, 0.2) is 5.82 Å². The fourth-order valence-electron chi connectivity index (χ4n) is 2.78. The highest BCUT2D eigenvalue weighted by molar-refractivity contribution is 6.06. The highest BCUT2D eigenvalue weighted by Gasteiger charge is 2.18. The number of para-hydroxylation sites is 1. The number of carbonyl (C=O) groups is 1. The first-order valence-corrected chi connectivity index (χ1v) is 7.89. The van der Waals surface area contributed by atoms with Crippen LogP contribution in [0.15, 0.2) is 24.3 Å². The van der Waals surface area contributed by atoms with Gasteiger partial charge < -0.3 is 10.3 Å². The standard InChI is InChI=1S/C17H21N5O2/c1-10(2)8-22-14(9-24-21-11(3)23)20-15-16(22)12-6-4-5-7-13(12)19-17(15)18/h4-7,10H,8-9H2,1-3H3,(H2,18,19)(H,21,23). The lowest BCUT2D eigenvalue weighted by atomic mass is 10.1. The van der Waals surface area contributed by atoms with E-state index >= 15 is 0 Å². The Hall–Kier alpha value is -2.67.